The second-order valence-electron chi connectivity index (χ2n) is 6.26. The van der Waals surface area contributed by atoms with Gasteiger partial charge in [0.2, 0.25) is 5.91 Å². The maximum absolute atomic E-state index is 12.4. The zero-order valence-electron chi connectivity index (χ0n) is 14.1. The van der Waals surface area contributed by atoms with Crippen molar-refractivity contribution in [2.24, 2.45) is 0 Å². The average Bonchev–Trinajstić information content (AvgIpc) is 3.20. The van der Waals surface area contributed by atoms with Gasteiger partial charge in [0.25, 0.3) is 5.56 Å². The first-order valence-corrected chi connectivity index (χ1v) is 9.92. The first-order valence-electron chi connectivity index (χ1n) is 8.28. The van der Waals surface area contributed by atoms with Gasteiger partial charge >= 0.3 is 0 Å². The number of rotatable bonds is 4. The highest BCUT2D eigenvalue weighted by Gasteiger charge is 2.21. The monoisotopic (exact) mass is 374 g/mol. The van der Waals surface area contributed by atoms with Crippen molar-refractivity contribution in [1.82, 2.24) is 15.0 Å². The summed E-state index contributed by atoms with van der Waals surface area (Å²) in [5, 5.41) is 4.18. The van der Waals surface area contributed by atoms with Crippen LogP contribution in [0.3, 0.4) is 0 Å². The smallest absolute Gasteiger partial charge is 0.259 e. The normalized spacial score (nSPS) is 13.4. The van der Waals surface area contributed by atoms with E-state index in [4.69, 9.17) is 0 Å². The summed E-state index contributed by atoms with van der Waals surface area (Å²) in [6.45, 7) is 3.90. The van der Waals surface area contributed by atoms with Gasteiger partial charge in [0.05, 0.1) is 11.1 Å². The number of hydrogen-bond acceptors (Lipinski definition) is 6. The molecule has 0 radical (unpaired) electrons. The summed E-state index contributed by atoms with van der Waals surface area (Å²) in [5.41, 5.74) is 2.03. The van der Waals surface area contributed by atoms with Crippen LogP contribution in [0.1, 0.15) is 39.7 Å². The molecule has 0 aromatic carbocycles. The van der Waals surface area contributed by atoms with E-state index in [0.717, 1.165) is 40.1 Å². The number of fused-ring (bicyclic) bond motifs is 3. The lowest BCUT2D eigenvalue weighted by atomic mass is 10.2. The molecule has 3 aromatic heterocycles. The van der Waals surface area contributed by atoms with Crippen LogP contribution in [0.4, 0.5) is 5.13 Å². The number of amides is 1. The molecule has 1 amide bonds. The minimum Gasteiger partial charge on any atom is -0.310 e. The Balaban J connectivity index is 1.47. The fraction of sp³-hybridized carbons (Fsp3) is 0.412. The molecule has 0 unspecified atom stereocenters. The van der Waals surface area contributed by atoms with Crippen LogP contribution in [-0.4, -0.2) is 20.9 Å². The molecule has 0 spiro atoms. The number of nitrogens with one attached hydrogen (secondary N) is 2. The van der Waals surface area contributed by atoms with Gasteiger partial charge in [0.15, 0.2) is 5.13 Å². The average molecular weight is 374 g/mol. The van der Waals surface area contributed by atoms with Crippen molar-refractivity contribution >= 4 is 43.9 Å². The maximum atomic E-state index is 12.4. The molecule has 130 valence electrons. The molecule has 0 bridgehead atoms. The summed E-state index contributed by atoms with van der Waals surface area (Å²) >= 11 is 3.08. The van der Waals surface area contributed by atoms with E-state index in [1.807, 2.05) is 13.8 Å². The van der Waals surface area contributed by atoms with Crippen LogP contribution in [-0.2, 0) is 24.1 Å². The number of carbonyl (C=O) groups excluding carboxylic acids is 1. The quantitative estimate of drug-likeness (QED) is 0.734. The van der Waals surface area contributed by atoms with E-state index >= 15 is 0 Å². The Morgan fingerprint density at radius 3 is 2.84 bits per heavy atom. The molecule has 0 fully saturated rings. The second kappa shape index (κ2) is 6.34. The van der Waals surface area contributed by atoms with Gasteiger partial charge in [0, 0.05) is 22.6 Å². The molecule has 0 aliphatic heterocycles. The van der Waals surface area contributed by atoms with Crippen molar-refractivity contribution in [1.29, 1.82) is 0 Å². The lowest BCUT2D eigenvalue weighted by Crippen LogP contribution is -2.16. The van der Waals surface area contributed by atoms with Crippen molar-refractivity contribution in [2.45, 2.75) is 46.0 Å². The lowest BCUT2D eigenvalue weighted by molar-refractivity contribution is -0.116. The third-order valence-corrected chi connectivity index (χ3v) is 6.66. The SMILES string of the molecule is Cc1nc(NC(=O)CCc2nc3sc4c(c3c(=O)[nH]2)CCC4)sc1C. The number of aromatic nitrogens is 3. The molecule has 0 saturated carbocycles. The maximum Gasteiger partial charge on any atom is 0.259 e. The first kappa shape index (κ1) is 16.4. The zero-order valence-corrected chi connectivity index (χ0v) is 15.7. The Morgan fingerprint density at radius 2 is 2.08 bits per heavy atom. The molecule has 0 atom stereocenters. The Kier molecular flexibility index (Phi) is 4.16. The Hall–Kier alpha value is -2.06. The van der Waals surface area contributed by atoms with Crippen molar-refractivity contribution in [3.63, 3.8) is 0 Å². The summed E-state index contributed by atoms with van der Waals surface area (Å²) in [6.07, 6.45) is 3.79. The highest BCUT2D eigenvalue weighted by Crippen LogP contribution is 2.34. The summed E-state index contributed by atoms with van der Waals surface area (Å²) in [7, 11) is 0. The molecule has 2 N–H and O–H groups in total. The molecule has 1 aliphatic carbocycles. The molecule has 3 heterocycles. The molecule has 1 aliphatic rings. The Bertz CT molecular complexity index is 1010. The number of aromatic amines is 1. The molecule has 4 rings (SSSR count). The largest absolute Gasteiger partial charge is 0.310 e. The molecule has 8 heteroatoms. The lowest BCUT2D eigenvalue weighted by Gasteiger charge is -2.02. The zero-order chi connectivity index (χ0) is 17.6. The van der Waals surface area contributed by atoms with Gasteiger partial charge in [-0.3, -0.25) is 9.59 Å². The second-order valence-corrected chi connectivity index (χ2v) is 8.55. The fourth-order valence-corrected chi connectivity index (χ4v) is 5.22. The van der Waals surface area contributed by atoms with Crippen LogP contribution in [0, 0.1) is 13.8 Å². The molecular formula is C17H18N4O2S2. The van der Waals surface area contributed by atoms with Crippen molar-refractivity contribution in [2.75, 3.05) is 5.32 Å². The number of carbonyl (C=O) groups is 1. The number of nitrogens with zero attached hydrogens (tertiary/aromatic N) is 2. The van der Waals surface area contributed by atoms with Crippen LogP contribution in [0.2, 0.25) is 0 Å². The minimum atomic E-state index is -0.120. The van der Waals surface area contributed by atoms with E-state index in [0.29, 0.717) is 17.4 Å². The first-order chi connectivity index (χ1) is 12.0. The number of thiazole rings is 1. The highest BCUT2D eigenvalue weighted by molar-refractivity contribution is 7.18. The van der Waals surface area contributed by atoms with Crippen LogP contribution >= 0.6 is 22.7 Å². The van der Waals surface area contributed by atoms with Gasteiger partial charge in [-0.25, -0.2) is 9.97 Å². The summed E-state index contributed by atoms with van der Waals surface area (Å²) in [6, 6.07) is 0. The van der Waals surface area contributed by atoms with E-state index in [9.17, 15) is 9.59 Å². The Morgan fingerprint density at radius 1 is 1.24 bits per heavy atom. The summed E-state index contributed by atoms with van der Waals surface area (Å²) in [5.74, 6) is 0.448. The van der Waals surface area contributed by atoms with E-state index in [1.54, 1.807) is 11.3 Å². The third-order valence-electron chi connectivity index (χ3n) is 4.49. The van der Waals surface area contributed by atoms with Gasteiger partial charge in [0.1, 0.15) is 10.7 Å². The molecular weight excluding hydrogens is 356 g/mol. The summed E-state index contributed by atoms with van der Waals surface area (Å²) < 4.78 is 0. The number of hydrogen-bond donors (Lipinski definition) is 2. The van der Waals surface area contributed by atoms with Crippen molar-refractivity contribution in [3.8, 4) is 0 Å². The standard InChI is InChI=1S/C17H18N4O2S2/c1-8-9(2)24-17(18-8)21-13(22)7-6-12-19-15(23)14-10-4-3-5-11(10)25-16(14)20-12/h3-7H2,1-2H3,(H,18,21,22)(H,19,20,23). The van der Waals surface area contributed by atoms with Crippen LogP contribution in [0.5, 0.6) is 0 Å². The van der Waals surface area contributed by atoms with Gasteiger partial charge in [-0.1, -0.05) is 0 Å². The minimum absolute atomic E-state index is 0.0778. The number of aryl methyl sites for hydroxylation is 5. The van der Waals surface area contributed by atoms with E-state index in [2.05, 4.69) is 20.3 Å². The van der Waals surface area contributed by atoms with Crippen molar-refractivity contribution in [3.05, 3.63) is 37.2 Å². The van der Waals surface area contributed by atoms with Crippen LogP contribution in [0.25, 0.3) is 10.2 Å². The van der Waals surface area contributed by atoms with Gasteiger partial charge < -0.3 is 10.3 Å². The van der Waals surface area contributed by atoms with Gasteiger partial charge in [-0.15, -0.1) is 22.7 Å². The van der Waals surface area contributed by atoms with Gasteiger partial charge in [-0.2, -0.15) is 0 Å². The van der Waals surface area contributed by atoms with E-state index in [1.165, 1.54) is 21.8 Å². The number of thiophene rings is 1. The Labute approximate surface area is 152 Å². The third kappa shape index (κ3) is 3.11. The number of H-pyrrole nitrogens is 1. The molecule has 6 nitrogen and oxygen atoms in total. The molecule has 0 saturated heterocycles. The predicted octanol–water partition coefficient (Wildman–Crippen LogP) is 3.12. The van der Waals surface area contributed by atoms with Crippen LogP contribution in [0.15, 0.2) is 4.79 Å². The molecule has 3 aromatic rings. The number of anilines is 1. The highest BCUT2D eigenvalue weighted by atomic mass is 32.1. The summed E-state index contributed by atoms with van der Waals surface area (Å²) in [4.78, 5) is 39.4. The fourth-order valence-electron chi connectivity index (χ4n) is 3.11. The topological polar surface area (TPSA) is 87.7 Å². The van der Waals surface area contributed by atoms with Crippen LogP contribution < -0.4 is 10.9 Å². The van der Waals surface area contributed by atoms with E-state index < -0.39 is 0 Å². The predicted molar refractivity (Wildman–Crippen MR) is 101 cm³/mol. The van der Waals surface area contributed by atoms with Gasteiger partial charge in [-0.05, 0) is 38.7 Å². The molecule has 25 heavy (non-hydrogen) atoms. The van der Waals surface area contributed by atoms with Crippen molar-refractivity contribution < 1.29 is 4.79 Å². The van der Waals surface area contributed by atoms with E-state index in [-0.39, 0.29) is 17.9 Å².